The van der Waals surface area contributed by atoms with Crippen molar-refractivity contribution in [3.8, 4) is 22.6 Å². The topological polar surface area (TPSA) is 122 Å². The van der Waals surface area contributed by atoms with E-state index in [1.54, 1.807) is 17.6 Å². The summed E-state index contributed by atoms with van der Waals surface area (Å²) in [7, 11) is 0. The van der Waals surface area contributed by atoms with Gasteiger partial charge in [0.2, 0.25) is 0 Å². The minimum atomic E-state index is -1.12. The number of hydrogen-bond donors (Lipinski definition) is 3. The Balaban J connectivity index is 1.42. The molecule has 3 heterocycles. The number of benzene rings is 2. The lowest BCUT2D eigenvalue weighted by molar-refractivity contribution is 0.0991. The largest absolute Gasteiger partial charge is 0.453 e. The molecule has 1 atom stereocenters. The van der Waals surface area contributed by atoms with Gasteiger partial charge in [-0.2, -0.15) is 5.10 Å². The number of hydrogen-bond acceptors (Lipinski definition) is 7. The summed E-state index contributed by atoms with van der Waals surface area (Å²) >= 11 is 0. The maximum atomic E-state index is 15.2. The number of Topliss-reactive ketones (excluding diaryl/α,β-unsaturated/α-hetero) is 1. The molecule has 0 aliphatic heterocycles. The van der Waals surface area contributed by atoms with Crippen LogP contribution in [0.25, 0.3) is 22.2 Å². The Hall–Kier alpha value is -4.97. The number of pyridine rings is 2. The van der Waals surface area contributed by atoms with Crippen LogP contribution in [0.5, 0.6) is 11.5 Å². The highest BCUT2D eigenvalue weighted by Gasteiger charge is 2.20. The summed E-state index contributed by atoms with van der Waals surface area (Å²) in [4.78, 5) is 30.8. The molecule has 3 aromatic heterocycles. The third kappa shape index (κ3) is 6.14. The minimum Gasteiger partial charge on any atom is -0.453 e. The van der Waals surface area contributed by atoms with Crippen molar-refractivity contribution in [3.63, 3.8) is 0 Å². The molecule has 0 aliphatic carbocycles. The summed E-state index contributed by atoms with van der Waals surface area (Å²) in [5, 5.41) is 19.8. The second kappa shape index (κ2) is 12.1. The molecule has 0 spiro atoms. The Morgan fingerprint density at radius 1 is 1.02 bits per heavy atom. The molecule has 0 unspecified atom stereocenters. The average Bonchev–Trinajstić information content (AvgIpc) is 3.39. The van der Waals surface area contributed by atoms with Crippen molar-refractivity contribution in [2.24, 2.45) is 0 Å². The Kier molecular flexibility index (Phi) is 8.31. The molecule has 2 aromatic carbocycles. The molecule has 0 bridgehead atoms. The SMILES string of the molecule is CC(C)n1cc(C(=O)Cc2ccc(Oc3ccnc4[nH]nc(N[C@H](C)CO)c34)c(F)c2)c(=O)c(-c2ccc(F)c(F)c2)c1. The van der Waals surface area contributed by atoms with Crippen LogP contribution < -0.4 is 15.5 Å². The first kappa shape index (κ1) is 29.5. The van der Waals surface area contributed by atoms with Gasteiger partial charge in [-0.25, -0.2) is 18.2 Å². The Labute approximate surface area is 244 Å². The fourth-order valence-electron chi connectivity index (χ4n) is 4.49. The van der Waals surface area contributed by atoms with Crippen LogP contribution in [0.2, 0.25) is 0 Å². The van der Waals surface area contributed by atoms with Crippen LogP contribution in [0.3, 0.4) is 0 Å². The van der Waals surface area contributed by atoms with Crippen molar-refractivity contribution in [3.05, 3.63) is 99.9 Å². The molecule has 0 saturated carbocycles. The molecular weight excluding hydrogens is 563 g/mol. The quantitative estimate of drug-likeness (QED) is 0.176. The molecule has 0 amide bonds. The number of aliphatic hydroxyl groups is 1. The summed E-state index contributed by atoms with van der Waals surface area (Å²) in [5.74, 6) is -2.96. The van der Waals surface area contributed by atoms with Crippen LogP contribution >= 0.6 is 0 Å². The maximum absolute atomic E-state index is 15.2. The van der Waals surface area contributed by atoms with Gasteiger partial charge >= 0.3 is 0 Å². The standard InChI is InChI=1S/C31H28F3N5O4/c1-16(2)39-13-20(19-5-6-22(32)23(33)12-19)29(42)21(14-39)25(41)11-18-4-7-26(24(34)10-18)43-27-8-9-35-30-28(27)31(38-37-30)36-17(3)15-40/h4-10,12-14,16-17,40H,11,15H2,1-3H3,(H2,35,36,37,38)/t17-/m1/s1. The number of nitrogens with one attached hydrogen (secondary N) is 2. The van der Waals surface area contributed by atoms with E-state index in [1.807, 2.05) is 13.8 Å². The van der Waals surface area contributed by atoms with Crippen LogP contribution in [0.15, 0.2) is 65.8 Å². The number of ether oxygens (including phenoxy) is 1. The maximum Gasteiger partial charge on any atom is 0.200 e. The third-order valence-corrected chi connectivity index (χ3v) is 6.83. The van der Waals surface area contributed by atoms with E-state index in [9.17, 15) is 23.5 Å². The number of aromatic nitrogens is 4. The van der Waals surface area contributed by atoms with Gasteiger partial charge in [-0.1, -0.05) is 12.1 Å². The molecule has 0 fully saturated rings. The molecule has 43 heavy (non-hydrogen) atoms. The molecule has 3 N–H and O–H groups in total. The number of halogens is 3. The number of carbonyl (C=O) groups excluding carboxylic acids is 1. The molecule has 222 valence electrons. The van der Waals surface area contributed by atoms with E-state index < -0.39 is 28.7 Å². The second-order valence-electron chi connectivity index (χ2n) is 10.4. The molecule has 0 saturated heterocycles. The first-order valence-corrected chi connectivity index (χ1v) is 13.5. The van der Waals surface area contributed by atoms with Crippen molar-refractivity contribution in [1.82, 2.24) is 19.7 Å². The Morgan fingerprint density at radius 3 is 2.51 bits per heavy atom. The predicted molar refractivity (Wildman–Crippen MR) is 155 cm³/mol. The van der Waals surface area contributed by atoms with E-state index in [1.165, 1.54) is 36.8 Å². The molecule has 12 heteroatoms. The number of fused-ring (bicyclic) bond motifs is 1. The van der Waals surface area contributed by atoms with E-state index in [0.717, 1.165) is 18.2 Å². The van der Waals surface area contributed by atoms with Crippen molar-refractivity contribution in [2.45, 2.75) is 39.3 Å². The van der Waals surface area contributed by atoms with Crippen LogP contribution in [0.1, 0.15) is 42.7 Å². The van der Waals surface area contributed by atoms with Gasteiger partial charge in [-0.05, 0) is 56.2 Å². The van der Waals surface area contributed by atoms with E-state index in [-0.39, 0.29) is 53.3 Å². The number of aromatic amines is 1. The van der Waals surface area contributed by atoms with Gasteiger partial charge < -0.3 is 19.7 Å². The first-order valence-electron chi connectivity index (χ1n) is 13.5. The van der Waals surface area contributed by atoms with Crippen LogP contribution in [-0.2, 0) is 6.42 Å². The molecule has 5 aromatic rings. The lowest BCUT2D eigenvalue weighted by Crippen LogP contribution is -2.22. The van der Waals surface area contributed by atoms with Crippen LogP contribution in [-0.4, -0.2) is 43.3 Å². The number of rotatable bonds is 10. The van der Waals surface area contributed by atoms with Crippen molar-refractivity contribution in [2.75, 3.05) is 11.9 Å². The average molecular weight is 592 g/mol. The number of aliphatic hydroxyl groups excluding tert-OH is 1. The van der Waals surface area contributed by atoms with Gasteiger partial charge in [0.15, 0.2) is 45.9 Å². The highest BCUT2D eigenvalue weighted by molar-refractivity contribution is 5.98. The molecule has 9 nitrogen and oxygen atoms in total. The number of nitrogens with zero attached hydrogens (tertiary/aromatic N) is 3. The fraction of sp³-hybridized carbons (Fsp3) is 0.226. The van der Waals surface area contributed by atoms with Crippen LogP contribution in [0.4, 0.5) is 19.0 Å². The summed E-state index contributed by atoms with van der Waals surface area (Å²) in [6, 6.07) is 8.21. The van der Waals surface area contributed by atoms with E-state index >= 15 is 4.39 Å². The minimum absolute atomic E-state index is 0.0403. The van der Waals surface area contributed by atoms with Gasteiger partial charge in [0.1, 0.15) is 11.1 Å². The summed E-state index contributed by atoms with van der Waals surface area (Å²) in [6.07, 6.45) is 4.08. The smallest absolute Gasteiger partial charge is 0.200 e. The highest BCUT2D eigenvalue weighted by Crippen LogP contribution is 2.34. The van der Waals surface area contributed by atoms with Crippen LogP contribution in [0, 0.1) is 17.5 Å². The zero-order valence-electron chi connectivity index (χ0n) is 23.5. The Morgan fingerprint density at radius 2 is 1.81 bits per heavy atom. The normalized spacial score (nSPS) is 12.1. The molecule has 0 radical (unpaired) electrons. The Bertz CT molecular complexity index is 1890. The van der Waals surface area contributed by atoms with Gasteiger partial charge in [0.25, 0.3) is 0 Å². The monoisotopic (exact) mass is 591 g/mol. The highest BCUT2D eigenvalue weighted by atomic mass is 19.2. The number of ketones is 1. The molecular formula is C31H28F3N5O4. The van der Waals surface area contributed by atoms with Gasteiger partial charge in [-0.15, -0.1) is 0 Å². The molecule has 0 aliphatic rings. The molecule has 5 rings (SSSR count). The van der Waals surface area contributed by atoms with Crippen molar-refractivity contribution in [1.29, 1.82) is 0 Å². The summed E-state index contributed by atoms with van der Waals surface area (Å²) < 4.78 is 50.2. The van der Waals surface area contributed by atoms with Gasteiger partial charge in [0, 0.05) is 48.7 Å². The number of anilines is 1. The van der Waals surface area contributed by atoms with Crippen molar-refractivity contribution < 1.29 is 27.8 Å². The van der Waals surface area contributed by atoms with Gasteiger partial charge in [0.05, 0.1) is 12.2 Å². The number of carbonyl (C=O) groups is 1. The van der Waals surface area contributed by atoms with Crippen molar-refractivity contribution >= 4 is 22.6 Å². The summed E-state index contributed by atoms with van der Waals surface area (Å²) in [6.45, 7) is 5.30. The predicted octanol–water partition coefficient (Wildman–Crippen LogP) is 5.80. The van der Waals surface area contributed by atoms with E-state index in [4.69, 9.17) is 4.74 Å². The zero-order chi connectivity index (χ0) is 30.8. The zero-order valence-corrected chi connectivity index (χ0v) is 23.5. The lowest BCUT2D eigenvalue weighted by atomic mass is 9.99. The van der Waals surface area contributed by atoms with E-state index in [0.29, 0.717) is 22.4 Å². The third-order valence-electron chi connectivity index (χ3n) is 6.83. The number of H-pyrrole nitrogens is 1. The fourth-order valence-corrected chi connectivity index (χ4v) is 4.49. The summed E-state index contributed by atoms with van der Waals surface area (Å²) in [5.41, 5.74) is 0.0605. The van der Waals surface area contributed by atoms with Gasteiger partial charge in [-0.3, -0.25) is 14.7 Å². The second-order valence-corrected chi connectivity index (χ2v) is 10.4. The van der Waals surface area contributed by atoms with E-state index in [2.05, 4.69) is 20.5 Å². The lowest BCUT2D eigenvalue weighted by Gasteiger charge is -2.15. The first-order chi connectivity index (χ1) is 20.5.